The molecule has 3 nitrogen and oxygen atoms in total. The molecule has 0 aliphatic carbocycles. The average Bonchev–Trinajstić information content (AvgIpc) is 2.30. The van der Waals surface area contributed by atoms with Crippen molar-refractivity contribution in [2.75, 3.05) is 5.73 Å². The third kappa shape index (κ3) is 2.82. The third-order valence-electron chi connectivity index (χ3n) is 2.41. The minimum Gasteiger partial charge on any atom is -0.399 e. The van der Waals surface area contributed by atoms with Crippen molar-refractivity contribution in [3.8, 4) is 6.07 Å². The van der Waals surface area contributed by atoms with Gasteiger partial charge in [-0.25, -0.2) is 4.98 Å². The van der Waals surface area contributed by atoms with Gasteiger partial charge in [-0.1, -0.05) is 11.8 Å². The Balaban J connectivity index is 2.37. The zero-order chi connectivity index (χ0) is 13.1. The minimum absolute atomic E-state index is 0.584. The molecule has 0 saturated carbocycles. The first-order valence-electron chi connectivity index (χ1n) is 5.51. The summed E-state index contributed by atoms with van der Waals surface area (Å²) < 4.78 is 0. The lowest BCUT2D eigenvalue weighted by atomic mass is 10.2. The molecule has 0 aliphatic rings. The number of aryl methyl sites for hydroxylation is 2. The molecule has 4 heteroatoms. The molecular weight excluding hydrogens is 242 g/mol. The van der Waals surface area contributed by atoms with Crippen molar-refractivity contribution in [3.63, 3.8) is 0 Å². The average molecular weight is 255 g/mol. The molecule has 18 heavy (non-hydrogen) atoms. The van der Waals surface area contributed by atoms with Crippen LogP contribution in [0.1, 0.15) is 16.8 Å². The molecule has 1 aromatic carbocycles. The Morgan fingerprint density at radius 2 is 2.00 bits per heavy atom. The highest BCUT2D eigenvalue weighted by Crippen LogP contribution is 2.30. The van der Waals surface area contributed by atoms with Gasteiger partial charge in [-0.3, -0.25) is 0 Å². The molecule has 1 heterocycles. The number of nitrogens with two attached hydrogens (primary N) is 1. The van der Waals surface area contributed by atoms with Crippen LogP contribution in [0.4, 0.5) is 5.69 Å². The molecule has 0 radical (unpaired) electrons. The Morgan fingerprint density at radius 1 is 1.22 bits per heavy atom. The number of rotatable bonds is 2. The fraction of sp³-hybridized carbons (Fsp3) is 0.143. The standard InChI is InChI=1S/C14H13N3S/c1-9-5-10(2)17-14(6-9)18-13-4-3-12(16)7-11(13)8-15/h3-7H,16H2,1-2H3. The lowest BCUT2D eigenvalue weighted by molar-refractivity contribution is 1.05. The number of nitrogen functional groups attached to an aromatic ring is 1. The number of pyridine rings is 1. The van der Waals surface area contributed by atoms with E-state index in [1.54, 1.807) is 12.1 Å². The maximum atomic E-state index is 9.09. The Kier molecular flexibility index (Phi) is 3.54. The van der Waals surface area contributed by atoms with Crippen molar-refractivity contribution in [2.45, 2.75) is 23.8 Å². The molecule has 0 unspecified atom stereocenters. The predicted octanol–water partition coefficient (Wildman–Crippen LogP) is 3.30. The van der Waals surface area contributed by atoms with Crippen molar-refractivity contribution in [1.29, 1.82) is 5.26 Å². The van der Waals surface area contributed by atoms with Crippen LogP contribution in [0.15, 0.2) is 40.3 Å². The van der Waals surface area contributed by atoms with Gasteiger partial charge >= 0.3 is 0 Å². The molecule has 1 aromatic heterocycles. The first-order valence-corrected chi connectivity index (χ1v) is 6.33. The van der Waals surface area contributed by atoms with Crippen LogP contribution in [0.2, 0.25) is 0 Å². The second-order valence-electron chi connectivity index (χ2n) is 4.09. The summed E-state index contributed by atoms with van der Waals surface area (Å²) in [6.07, 6.45) is 0. The van der Waals surface area contributed by atoms with E-state index in [-0.39, 0.29) is 0 Å². The van der Waals surface area contributed by atoms with Gasteiger partial charge < -0.3 is 5.73 Å². The van der Waals surface area contributed by atoms with Crippen LogP contribution in [0.25, 0.3) is 0 Å². The molecule has 2 N–H and O–H groups in total. The minimum atomic E-state index is 0.584. The van der Waals surface area contributed by atoms with Crippen LogP contribution >= 0.6 is 11.8 Å². The summed E-state index contributed by atoms with van der Waals surface area (Å²) >= 11 is 1.49. The Bertz CT molecular complexity index is 609. The van der Waals surface area contributed by atoms with E-state index in [1.165, 1.54) is 17.3 Å². The van der Waals surface area contributed by atoms with Crippen molar-refractivity contribution in [3.05, 3.63) is 47.2 Å². The van der Waals surface area contributed by atoms with E-state index in [1.807, 2.05) is 32.0 Å². The van der Waals surface area contributed by atoms with Crippen LogP contribution < -0.4 is 5.73 Å². The van der Waals surface area contributed by atoms with E-state index in [2.05, 4.69) is 11.1 Å². The second-order valence-corrected chi connectivity index (χ2v) is 5.16. The number of aromatic nitrogens is 1. The normalized spacial score (nSPS) is 10.1. The molecule has 0 spiro atoms. The van der Waals surface area contributed by atoms with Gasteiger partial charge in [0.2, 0.25) is 0 Å². The van der Waals surface area contributed by atoms with E-state index in [0.29, 0.717) is 11.3 Å². The summed E-state index contributed by atoms with van der Waals surface area (Å²) in [5.41, 5.74) is 9.00. The summed E-state index contributed by atoms with van der Waals surface area (Å²) in [5, 5.41) is 9.99. The molecular formula is C14H13N3S. The van der Waals surface area contributed by atoms with Gasteiger partial charge in [-0.2, -0.15) is 5.26 Å². The number of benzene rings is 1. The maximum Gasteiger partial charge on any atom is 0.101 e. The molecule has 0 bridgehead atoms. The molecule has 2 aromatic rings. The molecule has 90 valence electrons. The van der Waals surface area contributed by atoms with Gasteiger partial charge in [0.15, 0.2) is 0 Å². The number of anilines is 1. The number of nitriles is 1. The molecule has 2 rings (SSSR count). The highest BCUT2D eigenvalue weighted by Gasteiger charge is 2.06. The number of hydrogen-bond acceptors (Lipinski definition) is 4. The van der Waals surface area contributed by atoms with Gasteiger partial charge in [0, 0.05) is 16.3 Å². The SMILES string of the molecule is Cc1cc(C)nc(Sc2ccc(N)cc2C#N)c1. The molecule has 0 saturated heterocycles. The number of nitrogens with zero attached hydrogens (tertiary/aromatic N) is 2. The van der Waals surface area contributed by atoms with Crippen molar-refractivity contribution in [2.24, 2.45) is 0 Å². The van der Waals surface area contributed by atoms with Gasteiger partial charge in [-0.15, -0.1) is 0 Å². The van der Waals surface area contributed by atoms with E-state index >= 15 is 0 Å². The smallest absolute Gasteiger partial charge is 0.101 e. The molecule has 0 fully saturated rings. The van der Waals surface area contributed by atoms with Crippen molar-refractivity contribution >= 4 is 17.4 Å². The summed E-state index contributed by atoms with van der Waals surface area (Å²) in [4.78, 5) is 5.33. The van der Waals surface area contributed by atoms with Crippen molar-refractivity contribution in [1.82, 2.24) is 4.98 Å². The Morgan fingerprint density at radius 3 is 2.67 bits per heavy atom. The third-order valence-corrected chi connectivity index (χ3v) is 3.41. The van der Waals surface area contributed by atoms with E-state index in [0.717, 1.165) is 15.6 Å². The first kappa shape index (κ1) is 12.5. The van der Waals surface area contributed by atoms with E-state index in [9.17, 15) is 0 Å². The zero-order valence-corrected chi connectivity index (χ0v) is 11.1. The fourth-order valence-electron chi connectivity index (χ4n) is 1.69. The molecule has 0 atom stereocenters. The molecule has 0 aliphatic heterocycles. The largest absolute Gasteiger partial charge is 0.399 e. The van der Waals surface area contributed by atoms with Crippen molar-refractivity contribution < 1.29 is 0 Å². The first-order chi connectivity index (χ1) is 8.58. The van der Waals surface area contributed by atoms with E-state index < -0.39 is 0 Å². The topological polar surface area (TPSA) is 62.7 Å². The second kappa shape index (κ2) is 5.11. The predicted molar refractivity (Wildman–Crippen MR) is 73.4 cm³/mol. The van der Waals surface area contributed by atoms with E-state index in [4.69, 9.17) is 11.0 Å². The van der Waals surface area contributed by atoms with Gasteiger partial charge in [0.25, 0.3) is 0 Å². The van der Waals surface area contributed by atoms with Crippen LogP contribution in [0.3, 0.4) is 0 Å². The summed E-state index contributed by atoms with van der Waals surface area (Å²) in [6, 6.07) is 11.5. The van der Waals surface area contributed by atoms with Gasteiger partial charge in [-0.05, 0) is 49.7 Å². The Labute approximate surface area is 111 Å². The summed E-state index contributed by atoms with van der Waals surface area (Å²) in [6.45, 7) is 4.00. The monoisotopic (exact) mass is 255 g/mol. The number of hydrogen-bond donors (Lipinski definition) is 1. The lowest BCUT2D eigenvalue weighted by Gasteiger charge is -2.06. The van der Waals surface area contributed by atoms with Crippen LogP contribution in [0.5, 0.6) is 0 Å². The van der Waals surface area contributed by atoms with Crippen LogP contribution in [0, 0.1) is 25.2 Å². The Hall–Kier alpha value is -1.99. The van der Waals surface area contributed by atoms with Gasteiger partial charge in [0.05, 0.1) is 5.56 Å². The fourth-order valence-corrected chi connectivity index (χ4v) is 2.70. The zero-order valence-electron chi connectivity index (χ0n) is 10.3. The van der Waals surface area contributed by atoms with Crippen LogP contribution in [-0.2, 0) is 0 Å². The molecule has 0 amide bonds. The quantitative estimate of drug-likeness (QED) is 0.836. The highest BCUT2D eigenvalue weighted by molar-refractivity contribution is 7.99. The highest BCUT2D eigenvalue weighted by atomic mass is 32.2. The lowest BCUT2D eigenvalue weighted by Crippen LogP contribution is -1.90. The maximum absolute atomic E-state index is 9.09. The van der Waals surface area contributed by atoms with Gasteiger partial charge in [0.1, 0.15) is 11.1 Å². The summed E-state index contributed by atoms with van der Waals surface area (Å²) in [7, 11) is 0. The van der Waals surface area contributed by atoms with Crippen LogP contribution in [-0.4, -0.2) is 4.98 Å². The summed E-state index contributed by atoms with van der Waals surface area (Å²) in [5.74, 6) is 0.